The Hall–Kier alpha value is -6.94. The fraction of sp³-hybridized carbons (Fsp3) is 0. The van der Waals surface area contributed by atoms with Crippen molar-refractivity contribution in [3.05, 3.63) is 206 Å². The summed E-state index contributed by atoms with van der Waals surface area (Å²) >= 11 is 1.88. The Labute approximate surface area is 323 Å². The van der Waals surface area contributed by atoms with Crippen molar-refractivity contribution in [3.8, 4) is 27.9 Å². The van der Waals surface area contributed by atoms with Gasteiger partial charge < -0.3 is 9.47 Å². The van der Waals surface area contributed by atoms with Gasteiger partial charge in [0.1, 0.15) is 0 Å². The molecule has 0 atom stereocenters. The van der Waals surface area contributed by atoms with Crippen LogP contribution < -0.4 is 4.90 Å². The molecule has 55 heavy (non-hydrogen) atoms. The van der Waals surface area contributed by atoms with Crippen molar-refractivity contribution in [1.82, 2.24) is 4.57 Å². The second-order valence-corrected chi connectivity index (χ2v) is 15.2. The van der Waals surface area contributed by atoms with Crippen LogP contribution in [0.1, 0.15) is 0 Å². The molecule has 0 fully saturated rings. The Morgan fingerprint density at radius 2 is 0.982 bits per heavy atom. The van der Waals surface area contributed by atoms with Gasteiger partial charge in [-0.2, -0.15) is 0 Å². The third kappa shape index (κ3) is 5.24. The highest BCUT2D eigenvalue weighted by Gasteiger charge is 2.18. The average molecular weight is 719 g/mol. The van der Waals surface area contributed by atoms with Crippen LogP contribution in [-0.2, 0) is 0 Å². The van der Waals surface area contributed by atoms with Gasteiger partial charge in [0.2, 0.25) is 0 Å². The zero-order chi connectivity index (χ0) is 36.3. The highest BCUT2D eigenvalue weighted by atomic mass is 32.1. The molecule has 0 spiro atoms. The highest BCUT2D eigenvalue weighted by molar-refractivity contribution is 7.26. The number of fused-ring (bicyclic) bond motifs is 8. The van der Waals surface area contributed by atoms with Gasteiger partial charge in [0.05, 0.1) is 11.0 Å². The zero-order valence-corrected chi connectivity index (χ0v) is 30.7. The van der Waals surface area contributed by atoms with E-state index in [0.717, 1.165) is 22.7 Å². The van der Waals surface area contributed by atoms with Crippen LogP contribution >= 0.6 is 11.3 Å². The summed E-state index contributed by atoms with van der Waals surface area (Å²) in [6.07, 6.45) is 0. The predicted octanol–water partition coefficient (Wildman–Crippen LogP) is 15.1. The number of rotatable bonds is 6. The third-order valence-electron chi connectivity index (χ3n) is 11.0. The van der Waals surface area contributed by atoms with Crippen molar-refractivity contribution in [3.63, 3.8) is 0 Å². The van der Waals surface area contributed by atoms with Gasteiger partial charge in [-0.15, -0.1) is 11.3 Å². The number of thiophene rings is 1. The fourth-order valence-electron chi connectivity index (χ4n) is 8.39. The van der Waals surface area contributed by atoms with E-state index in [-0.39, 0.29) is 0 Å². The van der Waals surface area contributed by atoms with Crippen LogP contribution in [0.5, 0.6) is 0 Å². The van der Waals surface area contributed by atoms with Gasteiger partial charge in [-0.1, -0.05) is 146 Å². The molecule has 2 nitrogen and oxygen atoms in total. The van der Waals surface area contributed by atoms with E-state index in [0.29, 0.717) is 0 Å². The summed E-state index contributed by atoms with van der Waals surface area (Å²) in [4.78, 5) is 2.34. The average Bonchev–Trinajstić information content (AvgIpc) is 3.81. The maximum absolute atomic E-state index is 2.44. The maximum Gasteiger partial charge on any atom is 0.0619 e. The van der Waals surface area contributed by atoms with Crippen LogP contribution in [0.3, 0.4) is 0 Å². The Balaban J connectivity index is 0.992. The number of hydrogen-bond acceptors (Lipinski definition) is 2. The monoisotopic (exact) mass is 718 g/mol. The van der Waals surface area contributed by atoms with E-state index in [1.54, 1.807) is 0 Å². The van der Waals surface area contributed by atoms with Crippen molar-refractivity contribution in [2.45, 2.75) is 0 Å². The van der Waals surface area contributed by atoms with Gasteiger partial charge in [0.15, 0.2) is 0 Å². The topological polar surface area (TPSA) is 8.17 Å². The van der Waals surface area contributed by atoms with Crippen LogP contribution in [-0.4, -0.2) is 4.57 Å². The maximum atomic E-state index is 2.44. The zero-order valence-electron chi connectivity index (χ0n) is 29.9. The Bertz CT molecular complexity index is 3180. The first-order valence-electron chi connectivity index (χ1n) is 18.8. The molecule has 0 saturated heterocycles. The molecular weight excluding hydrogens is 685 g/mol. The number of anilines is 3. The lowest BCUT2D eigenvalue weighted by Crippen LogP contribution is -2.09. The smallest absolute Gasteiger partial charge is 0.0619 e. The summed E-state index contributed by atoms with van der Waals surface area (Å²) in [7, 11) is 0. The Morgan fingerprint density at radius 1 is 0.382 bits per heavy atom. The molecule has 11 rings (SSSR count). The van der Waals surface area contributed by atoms with Crippen molar-refractivity contribution in [2.75, 3.05) is 4.90 Å². The quantitative estimate of drug-likeness (QED) is 0.166. The van der Waals surface area contributed by atoms with E-state index < -0.39 is 0 Å². The third-order valence-corrected chi connectivity index (χ3v) is 12.2. The van der Waals surface area contributed by atoms with E-state index in [4.69, 9.17) is 0 Å². The second kappa shape index (κ2) is 12.9. The van der Waals surface area contributed by atoms with E-state index in [1.807, 2.05) is 11.3 Å². The van der Waals surface area contributed by atoms with Crippen LogP contribution in [0.4, 0.5) is 17.1 Å². The first-order valence-corrected chi connectivity index (χ1v) is 19.6. The Morgan fingerprint density at radius 3 is 1.76 bits per heavy atom. The van der Waals surface area contributed by atoms with Crippen LogP contribution in [0.2, 0.25) is 0 Å². The van der Waals surface area contributed by atoms with E-state index in [2.05, 4.69) is 216 Å². The summed E-state index contributed by atoms with van der Waals surface area (Å²) in [5.41, 5.74) is 11.8. The number of para-hydroxylation sites is 2. The first-order chi connectivity index (χ1) is 27.3. The summed E-state index contributed by atoms with van der Waals surface area (Å²) in [5, 5.41) is 7.68. The van der Waals surface area contributed by atoms with Gasteiger partial charge in [0, 0.05) is 59.1 Å². The molecule has 0 aliphatic heterocycles. The van der Waals surface area contributed by atoms with Crippen molar-refractivity contribution in [2.24, 2.45) is 0 Å². The molecule has 0 N–H and O–H groups in total. The molecule has 9 aromatic carbocycles. The van der Waals surface area contributed by atoms with Crippen LogP contribution in [0, 0.1) is 0 Å². The lowest BCUT2D eigenvalue weighted by atomic mass is 10.0. The minimum atomic E-state index is 1.11. The van der Waals surface area contributed by atoms with Crippen molar-refractivity contribution >= 4 is 81.1 Å². The molecule has 0 saturated carbocycles. The molecule has 0 amide bonds. The Kier molecular flexibility index (Phi) is 7.39. The minimum Gasteiger partial charge on any atom is -0.311 e. The number of aromatic nitrogens is 1. The van der Waals surface area contributed by atoms with Gasteiger partial charge in [-0.25, -0.2) is 0 Å². The number of nitrogens with zero attached hydrogens (tertiary/aromatic N) is 2. The van der Waals surface area contributed by atoms with Crippen LogP contribution in [0.25, 0.3) is 80.7 Å². The molecule has 2 heterocycles. The highest BCUT2D eigenvalue weighted by Crippen LogP contribution is 2.42. The van der Waals surface area contributed by atoms with Gasteiger partial charge in [-0.3, -0.25) is 0 Å². The lowest BCUT2D eigenvalue weighted by molar-refractivity contribution is 1.19. The molecule has 0 aliphatic carbocycles. The molecule has 0 aliphatic rings. The molecule has 3 heteroatoms. The normalized spacial score (nSPS) is 11.6. The molecule has 11 aromatic rings. The molecule has 0 radical (unpaired) electrons. The van der Waals surface area contributed by atoms with E-state index in [1.165, 1.54) is 75.0 Å². The van der Waals surface area contributed by atoms with Crippen molar-refractivity contribution in [1.29, 1.82) is 0 Å². The molecule has 0 unspecified atom stereocenters. The second-order valence-electron chi connectivity index (χ2n) is 14.1. The molecule has 0 bridgehead atoms. The minimum absolute atomic E-state index is 1.11. The summed E-state index contributed by atoms with van der Waals surface area (Å²) in [5.74, 6) is 0. The number of benzene rings is 9. The molecular formula is C52H34N2S. The molecule has 2 aromatic heterocycles. The van der Waals surface area contributed by atoms with Gasteiger partial charge >= 0.3 is 0 Å². The van der Waals surface area contributed by atoms with Crippen molar-refractivity contribution < 1.29 is 0 Å². The van der Waals surface area contributed by atoms with E-state index >= 15 is 0 Å². The fourth-order valence-corrected chi connectivity index (χ4v) is 9.63. The lowest BCUT2D eigenvalue weighted by Gasteiger charge is -2.26. The standard InChI is InChI=1S/C52H34N2S/c1-3-13-39(14-4-1)53(42-30-24-37(25-31-42)44-19-11-20-48-46-18-9-10-21-50(46)55-52(44)48)41-28-22-35(23-29-41)38-27-32-45-47-33-26-36-12-7-8-17-43(36)51(47)54(49(45)34-38)40-15-5-2-6-16-40/h1-34H. The number of hydrogen-bond donors (Lipinski definition) is 0. The van der Waals surface area contributed by atoms with Gasteiger partial charge in [-0.05, 0) is 88.3 Å². The summed E-state index contributed by atoms with van der Waals surface area (Å²) in [6, 6.07) is 75.0. The SMILES string of the molecule is c1ccc(N(c2ccc(-c3ccc4c5ccc6ccccc6c5n(-c5ccccc5)c4c3)cc2)c2ccc(-c3cccc4c3sc3ccccc34)cc2)cc1. The largest absolute Gasteiger partial charge is 0.311 e. The van der Waals surface area contributed by atoms with Crippen LogP contribution in [0.15, 0.2) is 206 Å². The predicted molar refractivity (Wildman–Crippen MR) is 237 cm³/mol. The van der Waals surface area contributed by atoms with E-state index in [9.17, 15) is 0 Å². The summed E-state index contributed by atoms with van der Waals surface area (Å²) < 4.78 is 5.10. The van der Waals surface area contributed by atoms with Gasteiger partial charge in [0.25, 0.3) is 0 Å². The summed E-state index contributed by atoms with van der Waals surface area (Å²) in [6.45, 7) is 0. The first kappa shape index (κ1) is 31.6. The molecule has 258 valence electrons.